The molecule has 0 unspecified atom stereocenters. The third kappa shape index (κ3) is 7.33. The van der Waals surface area contributed by atoms with E-state index >= 15 is 0 Å². The lowest BCUT2D eigenvalue weighted by atomic mass is 10.4. The minimum absolute atomic E-state index is 0.177. The van der Waals surface area contributed by atoms with Gasteiger partial charge in [0.15, 0.2) is 0 Å². The molecule has 0 rings (SSSR count). The summed E-state index contributed by atoms with van der Waals surface area (Å²) in [5, 5.41) is 0. The van der Waals surface area contributed by atoms with Crippen LogP contribution in [0.5, 0.6) is 0 Å². The summed E-state index contributed by atoms with van der Waals surface area (Å²) in [5.74, 6) is -0.177. The van der Waals surface area contributed by atoms with Gasteiger partial charge in [-0.25, -0.2) is 0 Å². The van der Waals surface area contributed by atoms with Crippen LogP contribution in [-0.4, -0.2) is 25.8 Å². The molecule has 0 aromatic rings. The summed E-state index contributed by atoms with van der Waals surface area (Å²) in [6.07, 6.45) is 1.36. The Labute approximate surface area is 67.7 Å². The summed E-state index contributed by atoms with van der Waals surface area (Å²) in [6.45, 7) is 5.48. The first kappa shape index (κ1) is 10.4. The zero-order valence-electron chi connectivity index (χ0n) is 7.26. The van der Waals surface area contributed by atoms with Crippen LogP contribution in [0.1, 0.15) is 26.7 Å². The van der Waals surface area contributed by atoms with Gasteiger partial charge in [-0.1, -0.05) is 6.92 Å². The highest BCUT2D eigenvalue weighted by Gasteiger charge is 1.99. The Morgan fingerprint density at radius 3 is 2.55 bits per heavy atom. The monoisotopic (exact) mass is 160 g/mol. The number of hydrogen-bond acceptors (Lipinski definition) is 3. The van der Waals surface area contributed by atoms with E-state index in [1.54, 1.807) is 6.92 Å². The van der Waals surface area contributed by atoms with Crippen LogP contribution in [0.3, 0.4) is 0 Å². The zero-order valence-corrected chi connectivity index (χ0v) is 7.26. The van der Waals surface area contributed by atoms with Crippen molar-refractivity contribution in [2.45, 2.75) is 26.7 Å². The number of rotatable bonds is 6. The molecule has 0 aliphatic rings. The van der Waals surface area contributed by atoms with Gasteiger partial charge in [-0.15, -0.1) is 0 Å². The van der Waals surface area contributed by atoms with E-state index in [0.29, 0.717) is 19.6 Å². The molecule has 0 aromatic carbocycles. The van der Waals surface area contributed by atoms with Crippen molar-refractivity contribution in [3.8, 4) is 0 Å². The minimum atomic E-state index is -0.177. The Morgan fingerprint density at radius 2 is 2.00 bits per heavy atom. The van der Waals surface area contributed by atoms with Crippen LogP contribution in [0.2, 0.25) is 0 Å². The first-order chi connectivity index (χ1) is 5.31. The van der Waals surface area contributed by atoms with Crippen molar-refractivity contribution >= 4 is 5.97 Å². The van der Waals surface area contributed by atoms with Gasteiger partial charge in [0.25, 0.3) is 0 Å². The van der Waals surface area contributed by atoms with Gasteiger partial charge < -0.3 is 9.47 Å². The predicted octanol–water partition coefficient (Wildman–Crippen LogP) is 1.37. The molecule has 0 N–H and O–H groups in total. The summed E-state index contributed by atoms with van der Waals surface area (Å²) in [5.41, 5.74) is 0. The maximum atomic E-state index is 10.7. The van der Waals surface area contributed by atoms with Gasteiger partial charge >= 0.3 is 5.97 Å². The Balaban J connectivity index is 3.04. The minimum Gasteiger partial charge on any atom is -0.466 e. The fourth-order valence-corrected chi connectivity index (χ4v) is 0.635. The molecule has 0 fully saturated rings. The molecule has 0 amide bonds. The van der Waals surface area contributed by atoms with Crippen molar-refractivity contribution in [2.75, 3.05) is 19.8 Å². The Kier molecular flexibility index (Phi) is 7.15. The molecular formula is C8H16O3. The van der Waals surface area contributed by atoms with E-state index in [2.05, 4.69) is 0 Å². The van der Waals surface area contributed by atoms with E-state index in [9.17, 15) is 4.79 Å². The average molecular weight is 160 g/mol. The first-order valence-corrected chi connectivity index (χ1v) is 4.04. The number of carbonyl (C=O) groups is 1. The van der Waals surface area contributed by atoms with Crippen LogP contribution < -0.4 is 0 Å². The van der Waals surface area contributed by atoms with E-state index in [-0.39, 0.29) is 5.97 Å². The summed E-state index contributed by atoms with van der Waals surface area (Å²) in [6, 6.07) is 0. The SMILES string of the molecule is CCCOCCC(=O)OCC. The zero-order chi connectivity index (χ0) is 8.53. The van der Waals surface area contributed by atoms with Gasteiger partial charge in [-0.2, -0.15) is 0 Å². The van der Waals surface area contributed by atoms with Crippen molar-refractivity contribution in [1.29, 1.82) is 0 Å². The second-order valence-corrected chi connectivity index (χ2v) is 2.17. The van der Waals surface area contributed by atoms with Crippen molar-refractivity contribution in [1.82, 2.24) is 0 Å². The van der Waals surface area contributed by atoms with Crippen LogP contribution in [0, 0.1) is 0 Å². The fraction of sp³-hybridized carbons (Fsp3) is 0.875. The van der Waals surface area contributed by atoms with Crippen LogP contribution in [0.15, 0.2) is 0 Å². The molecule has 0 heterocycles. The van der Waals surface area contributed by atoms with Crippen LogP contribution >= 0.6 is 0 Å². The number of carbonyl (C=O) groups excluding carboxylic acids is 1. The molecule has 0 aromatic heterocycles. The molecule has 3 heteroatoms. The van der Waals surface area contributed by atoms with Crippen LogP contribution in [-0.2, 0) is 14.3 Å². The molecule has 0 aliphatic carbocycles. The fourth-order valence-electron chi connectivity index (χ4n) is 0.635. The maximum Gasteiger partial charge on any atom is 0.308 e. The summed E-state index contributed by atoms with van der Waals surface area (Å²) in [4.78, 5) is 10.7. The van der Waals surface area contributed by atoms with Gasteiger partial charge in [0.2, 0.25) is 0 Å². The van der Waals surface area contributed by atoms with Crippen molar-refractivity contribution in [2.24, 2.45) is 0 Å². The molecule has 0 spiro atoms. The lowest BCUT2D eigenvalue weighted by Crippen LogP contribution is -2.08. The summed E-state index contributed by atoms with van der Waals surface area (Å²) < 4.78 is 9.80. The van der Waals surface area contributed by atoms with Gasteiger partial charge in [-0.05, 0) is 13.3 Å². The summed E-state index contributed by atoms with van der Waals surface area (Å²) in [7, 11) is 0. The first-order valence-electron chi connectivity index (χ1n) is 4.04. The van der Waals surface area contributed by atoms with Crippen molar-refractivity contribution < 1.29 is 14.3 Å². The van der Waals surface area contributed by atoms with Crippen molar-refractivity contribution in [3.05, 3.63) is 0 Å². The van der Waals surface area contributed by atoms with Crippen LogP contribution in [0.25, 0.3) is 0 Å². The molecule has 11 heavy (non-hydrogen) atoms. The highest BCUT2D eigenvalue weighted by Crippen LogP contribution is 1.88. The molecule has 66 valence electrons. The largest absolute Gasteiger partial charge is 0.466 e. The average Bonchev–Trinajstić information content (AvgIpc) is 1.99. The Bertz CT molecular complexity index is 102. The van der Waals surface area contributed by atoms with Crippen LogP contribution in [0.4, 0.5) is 0 Å². The van der Waals surface area contributed by atoms with Crippen molar-refractivity contribution in [3.63, 3.8) is 0 Å². The highest BCUT2D eigenvalue weighted by molar-refractivity contribution is 5.69. The summed E-state index contributed by atoms with van der Waals surface area (Å²) >= 11 is 0. The third-order valence-corrected chi connectivity index (χ3v) is 1.10. The number of esters is 1. The second kappa shape index (κ2) is 7.54. The molecule has 0 saturated carbocycles. The van der Waals surface area contributed by atoms with Gasteiger partial charge in [-0.3, -0.25) is 4.79 Å². The van der Waals surface area contributed by atoms with Gasteiger partial charge in [0.05, 0.1) is 19.6 Å². The normalized spacial score (nSPS) is 9.64. The van der Waals surface area contributed by atoms with Gasteiger partial charge in [0.1, 0.15) is 0 Å². The predicted molar refractivity (Wildman–Crippen MR) is 42.4 cm³/mol. The topological polar surface area (TPSA) is 35.5 Å². The smallest absolute Gasteiger partial charge is 0.308 e. The van der Waals surface area contributed by atoms with E-state index in [4.69, 9.17) is 9.47 Å². The lowest BCUT2D eigenvalue weighted by molar-refractivity contribution is -0.144. The number of hydrogen-bond donors (Lipinski definition) is 0. The Hall–Kier alpha value is -0.570. The third-order valence-electron chi connectivity index (χ3n) is 1.10. The van der Waals surface area contributed by atoms with E-state index in [0.717, 1.165) is 13.0 Å². The lowest BCUT2D eigenvalue weighted by Gasteiger charge is -2.01. The molecule has 0 aliphatic heterocycles. The standard InChI is InChI=1S/C8H16O3/c1-3-6-10-7-5-8(9)11-4-2/h3-7H2,1-2H3. The molecule has 0 radical (unpaired) electrons. The van der Waals surface area contributed by atoms with E-state index in [1.165, 1.54) is 0 Å². The quantitative estimate of drug-likeness (QED) is 0.435. The molecule has 0 bridgehead atoms. The van der Waals surface area contributed by atoms with E-state index < -0.39 is 0 Å². The molecule has 0 atom stereocenters. The maximum absolute atomic E-state index is 10.7. The van der Waals surface area contributed by atoms with Gasteiger partial charge in [0, 0.05) is 6.61 Å². The Morgan fingerprint density at radius 1 is 1.27 bits per heavy atom. The number of ether oxygens (including phenoxy) is 2. The molecule has 0 saturated heterocycles. The second-order valence-electron chi connectivity index (χ2n) is 2.17. The molecule has 3 nitrogen and oxygen atoms in total. The molecular weight excluding hydrogens is 144 g/mol. The van der Waals surface area contributed by atoms with E-state index in [1.807, 2.05) is 6.92 Å². The highest BCUT2D eigenvalue weighted by atomic mass is 16.5.